The fraction of sp³-hybridized carbons (Fsp3) is 0.130. The van der Waals surface area contributed by atoms with E-state index in [1.165, 1.54) is 16.4 Å². The fourth-order valence-electron chi connectivity index (χ4n) is 3.04. The predicted octanol–water partition coefficient (Wildman–Crippen LogP) is 3.13. The summed E-state index contributed by atoms with van der Waals surface area (Å²) >= 11 is 5.20. The minimum Gasteiger partial charge on any atom is -0.332 e. The molecule has 0 saturated heterocycles. The van der Waals surface area contributed by atoms with Crippen molar-refractivity contribution in [2.24, 2.45) is 0 Å². The number of nitrogens with one attached hydrogen (secondary N) is 2. The van der Waals surface area contributed by atoms with Crippen molar-refractivity contribution in [2.75, 3.05) is 16.2 Å². The zero-order chi connectivity index (χ0) is 23.3. The van der Waals surface area contributed by atoms with Crippen LogP contribution in [-0.2, 0) is 10.0 Å². The second-order valence-electron chi connectivity index (χ2n) is 7.01. The number of rotatable bonds is 6. The lowest BCUT2D eigenvalue weighted by Gasteiger charge is -2.23. The van der Waals surface area contributed by atoms with Crippen LogP contribution in [0.25, 0.3) is 0 Å². The van der Waals surface area contributed by atoms with E-state index in [1.54, 1.807) is 61.5 Å². The van der Waals surface area contributed by atoms with Gasteiger partial charge in [-0.05, 0) is 68.5 Å². The summed E-state index contributed by atoms with van der Waals surface area (Å²) in [5.41, 5.74) is 2.92. The molecule has 162 valence electrons. The first-order chi connectivity index (χ1) is 15.2. The van der Waals surface area contributed by atoms with Gasteiger partial charge in [-0.1, -0.05) is 41.4 Å². The Kier molecular flexibility index (Phi) is 7.32. The minimum atomic E-state index is -3.72. The number of thiocarbonyl (C=S) groups is 1. The van der Waals surface area contributed by atoms with Gasteiger partial charge >= 0.3 is 0 Å². The number of hydrogen-bond donors (Lipinski definition) is 2. The summed E-state index contributed by atoms with van der Waals surface area (Å²) in [5.74, 6) is -0.394. The van der Waals surface area contributed by atoms with Gasteiger partial charge in [-0.15, -0.1) is 0 Å². The van der Waals surface area contributed by atoms with Crippen LogP contribution in [0.2, 0.25) is 0 Å². The van der Waals surface area contributed by atoms with Gasteiger partial charge in [0, 0.05) is 17.8 Å². The van der Waals surface area contributed by atoms with Crippen LogP contribution in [0.1, 0.15) is 22.8 Å². The van der Waals surface area contributed by atoms with Crippen molar-refractivity contribution in [2.45, 2.75) is 18.7 Å². The summed E-state index contributed by atoms with van der Waals surface area (Å²) in [4.78, 5) is 12.5. The summed E-state index contributed by atoms with van der Waals surface area (Å²) in [6.45, 7) is 3.93. The average molecular weight is 463 g/mol. The molecule has 0 atom stereocenters. The molecule has 0 fully saturated rings. The number of anilines is 2. The third-order valence-electron chi connectivity index (χ3n) is 4.80. The van der Waals surface area contributed by atoms with Gasteiger partial charge in [-0.25, -0.2) is 8.42 Å². The first-order valence-electron chi connectivity index (χ1n) is 9.88. The van der Waals surface area contributed by atoms with Gasteiger partial charge in [0.1, 0.15) is 7.85 Å². The minimum absolute atomic E-state index is 0.0872. The van der Waals surface area contributed by atoms with E-state index in [0.29, 0.717) is 28.9 Å². The van der Waals surface area contributed by atoms with Crippen LogP contribution >= 0.6 is 12.2 Å². The number of carbonyl (C=O) groups is 1. The van der Waals surface area contributed by atoms with Crippen LogP contribution in [0.3, 0.4) is 0 Å². The number of hydrogen-bond acceptors (Lipinski definition) is 4. The molecular formula is C23H22BN3O3S2. The van der Waals surface area contributed by atoms with Crippen molar-refractivity contribution in [1.29, 1.82) is 0 Å². The molecule has 0 saturated carbocycles. The van der Waals surface area contributed by atoms with Crippen molar-refractivity contribution >= 4 is 57.9 Å². The molecular weight excluding hydrogens is 441 g/mol. The van der Waals surface area contributed by atoms with Gasteiger partial charge in [0.2, 0.25) is 0 Å². The molecule has 0 bridgehead atoms. The Hall–Kier alpha value is -3.17. The Labute approximate surface area is 195 Å². The lowest BCUT2D eigenvalue weighted by molar-refractivity contribution is 0.0978. The molecule has 2 radical (unpaired) electrons. The Balaban J connectivity index is 1.69. The monoisotopic (exact) mass is 463 g/mol. The van der Waals surface area contributed by atoms with Crippen molar-refractivity contribution in [3.05, 3.63) is 83.9 Å². The molecule has 0 aliphatic carbocycles. The second-order valence-corrected chi connectivity index (χ2v) is 9.28. The van der Waals surface area contributed by atoms with E-state index < -0.39 is 15.9 Å². The van der Waals surface area contributed by atoms with E-state index in [2.05, 4.69) is 10.6 Å². The van der Waals surface area contributed by atoms with Crippen LogP contribution in [0.5, 0.6) is 0 Å². The molecule has 0 spiro atoms. The lowest BCUT2D eigenvalue weighted by Crippen LogP contribution is -2.34. The molecule has 0 aliphatic rings. The highest BCUT2D eigenvalue weighted by molar-refractivity contribution is 7.92. The van der Waals surface area contributed by atoms with E-state index in [0.717, 1.165) is 5.56 Å². The van der Waals surface area contributed by atoms with Crippen LogP contribution < -0.4 is 20.4 Å². The van der Waals surface area contributed by atoms with Gasteiger partial charge in [0.05, 0.1) is 10.6 Å². The predicted molar refractivity (Wildman–Crippen MR) is 133 cm³/mol. The normalized spacial score (nSPS) is 10.9. The molecule has 2 N–H and O–H groups in total. The fourth-order valence-corrected chi connectivity index (χ4v) is 4.73. The van der Waals surface area contributed by atoms with Crippen LogP contribution in [0.4, 0.5) is 11.4 Å². The molecule has 0 heterocycles. The summed E-state index contributed by atoms with van der Waals surface area (Å²) in [6, 6.07) is 20.1. The van der Waals surface area contributed by atoms with Crippen molar-refractivity contribution < 1.29 is 13.2 Å². The van der Waals surface area contributed by atoms with E-state index >= 15 is 0 Å². The smallest absolute Gasteiger partial charge is 0.264 e. The molecule has 3 aromatic rings. The van der Waals surface area contributed by atoms with E-state index in [1.807, 2.05) is 13.0 Å². The standard InChI is InChI=1S/C23H22BN3O3S2/c1-3-27(19-7-5-4-6-8-19)32(29,30)20-13-11-18(12-14-20)25-23(31)26-22(28)17-10-9-16(2)21(24)15-17/h4-15H,3H2,1-2H3,(H2,25,26,28,31). The zero-order valence-electron chi connectivity index (χ0n) is 17.7. The Morgan fingerprint density at radius 3 is 2.28 bits per heavy atom. The van der Waals surface area contributed by atoms with Gasteiger partial charge in [-0.3, -0.25) is 14.4 Å². The molecule has 3 rings (SSSR count). The summed E-state index contributed by atoms with van der Waals surface area (Å²) < 4.78 is 27.5. The summed E-state index contributed by atoms with van der Waals surface area (Å²) in [5, 5.41) is 5.55. The maximum absolute atomic E-state index is 13.1. The Morgan fingerprint density at radius 1 is 1.03 bits per heavy atom. The van der Waals surface area contributed by atoms with E-state index in [4.69, 9.17) is 20.1 Å². The molecule has 9 heteroatoms. The van der Waals surface area contributed by atoms with E-state index in [9.17, 15) is 13.2 Å². The van der Waals surface area contributed by atoms with Crippen LogP contribution in [0.15, 0.2) is 77.7 Å². The van der Waals surface area contributed by atoms with E-state index in [-0.39, 0.29) is 10.0 Å². The molecule has 6 nitrogen and oxygen atoms in total. The topological polar surface area (TPSA) is 78.5 Å². The number of aryl methyl sites for hydroxylation is 1. The molecule has 0 aromatic heterocycles. The average Bonchev–Trinajstić information content (AvgIpc) is 2.77. The highest BCUT2D eigenvalue weighted by atomic mass is 32.2. The second kappa shape index (κ2) is 9.97. The van der Waals surface area contributed by atoms with Crippen LogP contribution in [0, 0.1) is 6.92 Å². The quantitative estimate of drug-likeness (QED) is 0.434. The number of carbonyl (C=O) groups excluding carboxylic acids is 1. The SMILES string of the molecule is [B]c1cc(C(=O)NC(=S)Nc2ccc(S(=O)(=O)N(CC)c3ccccc3)cc2)ccc1C. The molecule has 0 unspecified atom stereocenters. The highest BCUT2D eigenvalue weighted by Crippen LogP contribution is 2.24. The van der Waals surface area contributed by atoms with Gasteiger partial charge in [0.15, 0.2) is 5.11 Å². The summed E-state index contributed by atoms with van der Waals surface area (Å²) in [6.07, 6.45) is 0. The summed E-state index contributed by atoms with van der Waals surface area (Å²) in [7, 11) is 2.13. The molecule has 1 amide bonds. The number of sulfonamides is 1. The van der Waals surface area contributed by atoms with Crippen LogP contribution in [-0.4, -0.2) is 33.8 Å². The van der Waals surface area contributed by atoms with Gasteiger partial charge in [-0.2, -0.15) is 0 Å². The van der Waals surface area contributed by atoms with Gasteiger partial charge < -0.3 is 5.32 Å². The number of benzene rings is 3. The maximum atomic E-state index is 13.1. The van der Waals surface area contributed by atoms with Crippen molar-refractivity contribution in [3.63, 3.8) is 0 Å². The molecule has 32 heavy (non-hydrogen) atoms. The Bertz CT molecular complexity index is 1230. The van der Waals surface area contributed by atoms with Crippen molar-refractivity contribution in [1.82, 2.24) is 5.32 Å². The largest absolute Gasteiger partial charge is 0.332 e. The number of para-hydroxylation sites is 1. The first kappa shape index (κ1) is 23.5. The first-order valence-corrected chi connectivity index (χ1v) is 11.7. The number of nitrogens with zero attached hydrogens (tertiary/aromatic N) is 1. The van der Waals surface area contributed by atoms with Crippen molar-refractivity contribution in [3.8, 4) is 0 Å². The number of amides is 1. The Morgan fingerprint density at radius 2 is 1.69 bits per heavy atom. The van der Waals surface area contributed by atoms with Gasteiger partial charge in [0.25, 0.3) is 15.9 Å². The zero-order valence-corrected chi connectivity index (χ0v) is 19.3. The lowest BCUT2D eigenvalue weighted by atomic mass is 9.89. The molecule has 3 aromatic carbocycles. The third-order valence-corrected chi connectivity index (χ3v) is 6.92. The maximum Gasteiger partial charge on any atom is 0.264 e. The third kappa shape index (κ3) is 5.35. The highest BCUT2D eigenvalue weighted by Gasteiger charge is 2.23. The molecule has 0 aliphatic heterocycles.